The van der Waals surface area contributed by atoms with Gasteiger partial charge in [0.05, 0.1) is 12.5 Å². The van der Waals surface area contributed by atoms with Crippen LogP contribution in [-0.4, -0.2) is 34.3 Å². The number of rotatable bonds is 6. The second-order valence-electron chi connectivity index (χ2n) is 3.45. The summed E-state index contributed by atoms with van der Waals surface area (Å²) >= 11 is 0. The zero-order valence-electron chi connectivity index (χ0n) is 8.61. The molecule has 0 fully saturated rings. The predicted molar refractivity (Wildman–Crippen MR) is 55.8 cm³/mol. The van der Waals surface area contributed by atoms with Crippen LogP contribution in [0.4, 0.5) is 0 Å². The molecule has 0 spiro atoms. The molecule has 1 amide bonds. The van der Waals surface area contributed by atoms with Crippen molar-refractivity contribution in [1.82, 2.24) is 5.06 Å². The molecule has 0 saturated heterocycles. The van der Waals surface area contributed by atoms with Gasteiger partial charge in [-0.05, 0) is 12.0 Å². The first-order valence-corrected chi connectivity index (χ1v) is 4.81. The van der Waals surface area contributed by atoms with Crippen molar-refractivity contribution in [1.29, 1.82) is 0 Å². The summed E-state index contributed by atoms with van der Waals surface area (Å²) in [4.78, 5) is 21.1. The fourth-order valence-electron chi connectivity index (χ4n) is 1.40. The SMILES string of the molecule is O=CN(O)C[C@@H](Cc1ccccc1)C(=O)O. The van der Waals surface area contributed by atoms with Gasteiger partial charge in [0.25, 0.3) is 0 Å². The number of hydrogen-bond donors (Lipinski definition) is 2. The number of amides is 1. The van der Waals surface area contributed by atoms with Gasteiger partial charge in [-0.25, -0.2) is 5.06 Å². The van der Waals surface area contributed by atoms with E-state index < -0.39 is 11.9 Å². The highest BCUT2D eigenvalue weighted by molar-refractivity contribution is 5.71. The monoisotopic (exact) mass is 223 g/mol. The molecule has 2 N–H and O–H groups in total. The Morgan fingerprint density at radius 2 is 2.00 bits per heavy atom. The van der Waals surface area contributed by atoms with Gasteiger partial charge in [0.1, 0.15) is 0 Å². The van der Waals surface area contributed by atoms with E-state index in [1.54, 1.807) is 12.1 Å². The molecule has 0 aromatic heterocycles. The minimum absolute atomic E-state index is 0.195. The van der Waals surface area contributed by atoms with Crippen molar-refractivity contribution >= 4 is 12.4 Å². The number of carbonyl (C=O) groups is 2. The molecular weight excluding hydrogens is 210 g/mol. The van der Waals surface area contributed by atoms with Gasteiger partial charge in [-0.3, -0.25) is 14.8 Å². The van der Waals surface area contributed by atoms with E-state index in [4.69, 9.17) is 10.3 Å². The number of hydroxylamine groups is 2. The van der Waals surface area contributed by atoms with Gasteiger partial charge in [-0.1, -0.05) is 30.3 Å². The Morgan fingerprint density at radius 1 is 1.38 bits per heavy atom. The number of aliphatic carboxylic acids is 1. The highest BCUT2D eigenvalue weighted by Gasteiger charge is 2.20. The number of hydrogen-bond acceptors (Lipinski definition) is 3. The molecule has 0 aliphatic heterocycles. The lowest BCUT2D eigenvalue weighted by Crippen LogP contribution is -2.31. The molecule has 16 heavy (non-hydrogen) atoms. The molecule has 1 atom stereocenters. The lowest BCUT2D eigenvalue weighted by Gasteiger charge is -2.15. The Morgan fingerprint density at radius 3 is 2.50 bits per heavy atom. The molecule has 1 aromatic rings. The Hall–Kier alpha value is -1.88. The van der Waals surface area contributed by atoms with Crippen LogP contribution in [0.15, 0.2) is 30.3 Å². The van der Waals surface area contributed by atoms with E-state index in [1.165, 1.54) is 0 Å². The maximum absolute atomic E-state index is 10.9. The van der Waals surface area contributed by atoms with Gasteiger partial charge in [0.2, 0.25) is 6.41 Å². The number of benzene rings is 1. The van der Waals surface area contributed by atoms with Crippen LogP contribution in [-0.2, 0) is 16.0 Å². The third kappa shape index (κ3) is 3.70. The fourth-order valence-corrected chi connectivity index (χ4v) is 1.40. The Bertz CT molecular complexity index is 352. The minimum Gasteiger partial charge on any atom is -0.481 e. The first-order chi connectivity index (χ1) is 7.63. The molecule has 0 unspecified atom stereocenters. The van der Waals surface area contributed by atoms with Crippen molar-refractivity contribution in [2.24, 2.45) is 5.92 Å². The van der Waals surface area contributed by atoms with E-state index in [0.717, 1.165) is 5.56 Å². The zero-order valence-corrected chi connectivity index (χ0v) is 8.61. The lowest BCUT2D eigenvalue weighted by atomic mass is 9.99. The Labute approximate surface area is 92.9 Å². The van der Waals surface area contributed by atoms with Crippen molar-refractivity contribution in [2.75, 3.05) is 6.54 Å². The standard InChI is InChI=1S/C11H13NO4/c13-8-12(16)7-10(11(14)15)6-9-4-2-1-3-5-9/h1-5,8,10,16H,6-7H2,(H,14,15)/t10-/m1/s1. The molecule has 1 aromatic carbocycles. The molecule has 0 bridgehead atoms. The maximum Gasteiger partial charge on any atom is 0.308 e. The van der Waals surface area contributed by atoms with Crippen molar-refractivity contribution in [3.8, 4) is 0 Å². The number of carbonyl (C=O) groups excluding carboxylic acids is 1. The summed E-state index contributed by atoms with van der Waals surface area (Å²) in [7, 11) is 0. The largest absolute Gasteiger partial charge is 0.481 e. The average molecular weight is 223 g/mol. The molecule has 0 saturated carbocycles. The Balaban J connectivity index is 2.65. The number of carboxylic acid groups (broad SMARTS) is 1. The molecule has 0 heterocycles. The summed E-state index contributed by atoms with van der Waals surface area (Å²) in [6, 6.07) is 9.07. The van der Waals surface area contributed by atoms with Crippen LogP contribution in [0, 0.1) is 5.92 Å². The van der Waals surface area contributed by atoms with E-state index in [2.05, 4.69) is 0 Å². The summed E-state index contributed by atoms with van der Waals surface area (Å²) in [6.07, 6.45) is 0.474. The van der Waals surface area contributed by atoms with Crippen molar-refractivity contribution in [3.63, 3.8) is 0 Å². The third-order valence-corrected chi connectivity index (χ3v) is 2.20. The molecule has 5 nitrogen and oxygen atoms in total. The van der Waals surface area contributed by atoms with Crippen LogP contribution < -0.4 is 0 Å². The highest BCUT2D eigenvalue weighted by atomic mass is 16.5. The van der Waals surface area contributed by atoms with Crippen molar-refractivity contribution in [3.05, 3.63) is 35.9 Å². The molecule has 0 aliphatic carbocycles. The van der Waals surface area contributed by atoms with Crippen molar-refractivity contribution in [2.45, 2.75) is 6.42 Å². The lowest BCUT2D eigenvalue weighted by molar-refractivity contribution is -0.158. The normalized spacial score (nSPS) is 11.8. The van der Waals surface area contributed by atoms with Crippen LogP contribution in [0.25, 0.3) is 0 Å². The molecule has 5 heteroatoms. The van der Waals surface area contributed by atoms with Crippen LogP contribution in [0.1, 0.15) is 5.56 Å². The number of nitrogens with zero attached hydrogens (tertiary/aromatic N) is 1. The highest BCUT2D eigenvalue weighted by Crippen LogP contribution is 2.09. The first-order valence-electron chi connectivity index (χ1n) is 4.81. The van der Waals surface area contributed by atoms with E-state index in [9.17, 15) is 9.59 Å². The summed E-state index contributed by atoms with van der Waals surface area (Å²) < 4.78 is 0. The summed E-state index contributed by atoms with van der Waals surface area (Å²) in [5, 5.41) is 18.2. The van der Waals surface area contributed by atoms with Crippen LogP contribution in [0.3, 0.4) is 0 Å². The molecule has 0 radical (unpaired) electrons. The first kappa shape index (κ1) is 12.2. The minimum atomic E-state index is -1.04. The summed E-state index contributed by atoms with van der Waals surface area (Å²) in [5.41, 5.74) is 0.856. The zero-order chi connectivity index (χ0) is 12.0. The number of carboxylic acids is 1. The molecular formula is C11H13NO4. The van der Waals surface area contributed by atoms with Gasteiger partial charge in [0, 0.05) is 0 Å². The van der Waals surface area contributed by atoms with E-state index in [-0.39, 0.29) is 19.4 Å². The quantitative estimate of drug-likeness (QED) is 0.424. The van der Waals surface area contributed by atoms with Gasteiger partial charge < -0.3 is 5.11 Å². The molecule has 0 aliphatic rings. The van der Waals surface area contributed by atoms with Crippen LogP contribution in [0.5, 0.6) is 0 Å². The molecule has 86 valence electrons. The van der Waals surface area contributed by atoms with Gasteiger partial charge in [0.15, 0.2) is 0 Å². The van der Waals surface area contributed by atoms with Crippen molar-refractivity contribution < 1.29 is 19.9 Å². The van der Waals surface area contributed by atoms with Gasteiger partial charge in [-0.2, -0.15) is 0 Å². The van der Waals surface area contributed by atoms with Crippen LogP contribution >= 0.6 is 0 Å². The smallest absolute Gasteiger partial charge is 0.308 e. The van der Waals surface area contributed by atoms with E-state index >= 15 is 0 Å². The van der Waals surface area contributed by atoms with E-state index in [1.807, 2.05) is 18.2 Å². The average Bonchev–Trinajstić information content (AvgIpc) is 2.29. The Kier molecular flexibility index (Phi) is 4.47. The fraction of sp³-hybridized carbons (Fsp3) is 0.273. The van der Waals surface area contributed by atoms with Gasteiger partial charge >= 0.3 is 5.97 Å². The van der Waals surface area contributed by atoms with E-state index in [0.29, 0.717) is 5.06 Å². The maximum atomic E-state index is 10.9. The third-order valence-electron chi connectivity index (χ3n) is 2.20. The molecule has 1 rings (SSSR count). The van der Waals surface area contributed by atoms with Gasteiger partial charge in [-0.15, -0.1) is 0 Å². The second kappa shape index (κ2) is 5.87. The topological polar surface area (TPSA) is 77.8 Å². The summed E-state index contributed by atoms with van der Waals surface area (Å²) in [5.74, 6) is -1.85. The van der Waals surface area contributed by atoms with Crippen LogP contribution in [0.2, 0.25) is 0 Å². The summed E-state index contributed by atoms with van der Waals surface area (Å²) in [6.45, 7) is -0.215. The predicted octanol–water partition coefficient (Wildman–Crippen LogP) is 0.778. The second-order valence-corrected chi connectivity index (χ2v) is 3.45.